The van der Waals surface area contributed by atoms with Crippen molar-refractivity contribution >= 4 is 12.4 Å². The Hall–Kier alpha value is -1.92. The summed E-state index contributed by atoms with van der Waals surface area (Å²) in [4.78, 5) is 0. The summed E-state index contributed by atoms with van der Waals surface area (Å²) < 4.78 is 48.8. The van der Waals surface area contributed by atoms with Gasteiger partial charge < -0.3 is 15.2 Å². The molecule has 0 aliphatic heterocycles. The fourth-order valence-electron chi connectivity index (χ4n) is 1.92. The van der Waals surface area contributed by atoms with Gasteiger partial charge in [-0.3, -0.25) is 0 Å². The molecule has 2 rings (SSSR count). The van der Waals surface area contributed by atoms with E-state index >= 15 is 0 Å². The van der Waals surface area contributed by atoms with Crippen molar-refractivity contribution in [2.45, 2.75) is 18.8 Å². The SMILES string of the molecule is COc1ccc([C@@H](N)C(F)(F)F)cc1OCc1ccccc1.Cl. The van der Waals surface area contributed by atoms with Crippen molar-refractivity contribution in [3.05, 3.63) is 59.7 Å². The Bertz CT molecular complexity index is 620. The van der Waals surface area contributed by atoms with Gasteiger partial charge in [0.25, 0.3) is 0 Å². The second kappa shape index (κ2) is 8.08. The number of hydrogen-bond donors (Lipinski definition) is 1. The molecule has 0 spiro atoms. The number of benzene rings is 2. The molecule has 0 aromatic heterocycles. The number of rotatable bonds is 5. The standard InChI is InChI=1S/C16H16F3NO2.ClH/c1-21-13-8-7-12(15(20)16(17,18)19)9-14(13)22-10-11-5-3-2-4-6-11;/h2-9,15H,10,20H2,1H3;1H/t15-;/m1./s1. The van der Waals surface area contributed by atoms with Gasteiger partial charge in [0.15, 0.2) is 11.5 Å². The monoisotopic (exact) mass is 347 g/mol. The summed E-state index contributed by atoms with van der Waals surface area (Å²) in [6.45, 7) is 0.224. The van der Waals surface area contributed by atoms with E-state index in [1.807, 2.05) is 30.3 Å². The lowest BCUT2D eigenvalue weighted by atomic mass is 10.1. The lowest BCUT2D eigenvalue weighted by Crippen LogP contribution is -2.28. The van der Waals surface area contributed by atoms with Gasteiger partial charge >= 0.3 is 6.18 Å². The molecule has 0 saturated carbocycles. The molecule has 23 heavy (non-hydrogen) atoms. The smallest absolute Gasteiger partial charge is 0.407 e. The topological polar surface area (TPSA) is 44.5 Å². The van der Waals surface area contributed by atoms with E-state index in [9.17, 15) is 13.2 Å². The van der Waals surface area contributed by atoms with Crippen LogP contribution in [0.4, 0.5) is 13.2 Å². The minimum absolute atomic E-state index is 0. The summed E-state index contributed by atoms with van der Waals surface area (Å²) in [6.07, 6.45) is -4.51. The first kappa shape index (κ1) is 19.1. The Morgan fingerprint density at radius 2 is 1.70 bits per heavy atom. The van der Waals surface area contributed by atoms with Crippen LogP contribution < -0.4 is 15.2 Å². The van der Waals surface area contributed by atoms with Crippen LogP contribution in [0.5, 0.6) is 11.5 Å². The first-order chi connectivity index (χ1) is 10.4. The van der Waals surface area contributed by atoms with E-state index in [4.69, 9.17) is 15.2 Å². The van der Waals surface area contributed by atoms with E-state index in [1.165, 1.54) is 25.3 Å². The average Bonchev–Trinajstić information content (AvgIpc) is 2.52. The molecule has 0 fully saturated rings. The molecule has 0 unspecified atom stereocenters. The first-order valence-electron chi connectivity index (χ1n) is 6.59. The molecule has 2 aromatic carbocycles. The van der Waals surface area contributed by atoms with E-state index in [0.717, 1.165) is 5.56 Å². The van der Waals surface area contributed by atoms with E-state index < -0.39 is 12.2 Å². The van der Waals surface area contributed by atoms with Crippen molar-refractivity contribution in [2.75, 3.05) is 7.11 Å². The summed E-state index contributed by atoms with van der Waals surface area (Å²) >= 11 is 0. The van der Waals surface area contributed by atoms with Gasteiger partial charge in [-0.25, -0.2) is 0 Å². The molecule has 0 bridgehead atoms. The fraction of sp³-hybridized carbons (Fsp3) is 0.250. The van der Waals surface area contributed by atoms with E-state index in [-0.39, 0.29) is 30.3 Å². The zero-order chi connectivity index (χ0) is 16.2. The summed E-state index contributed by atoms with van der Waals surface area (Å²) in [6, 6.07) is 11.2. The van der Waals surface area contributed by atoms with E-state index in [2.05, 4.69) is 0 Å². The number of hydrogen-bond acceptors (Lipinski definition) is 3. The summed E-state index contributed by atoms with van der Waals surface area (Å²) in [7, 11) is 1.42. The van der Waals surface area contributed by atoms with Crippen molar-refractivity contribution in [1.82, 2.24) is 0 Å². The number of nitrogens with two attached hydrogens (primary N) is 1. The van der Waals surface area contributed by atoms with Crippen LogP contribution >= 0.6 is 12.4 Å². The number of ether oxygens (including phenoxy) is 2. The van der Waals surface area contributed by atoms with Crippen molar-refractivity contribution < 1.29 is 22.6 Å². The molecule has 7 heteroatoms. The molecule has 0 aliphatic carbocycles. The summed E-state index contributed by atoms with van der Waals surface area (Å²) in [5, 5.41) is 0. The molecule has 126 valence electrons. The summed E-state index contributed by atoms with van der Waals surface area (Å²) in [5.74, 6) is 0.581. The molecule has 0 radical (unpaired) electrons. The Morgan fingerprint density at radius 1 is 1.04 bits per heavy atom. The second-order valence-electron chi connectivity index (χ2n) is 4.70. The molecular formula is C16H17ClF3NO2. The molecule has 2 N–H and O–H groups in total. The highest BCUT2D eigenvalue weighted by Gasteiger charge is 2.38. The maximum absolute atomic E-state index is 12.7. The molecule has 0 amide bonds. The van der Waals surface area contributed by atoms with Crippen molar-refractivity contribution in [3.8, 4) is 11.5 Å². The first-order valence-corrected chi connectivity index (χ1v) is 6.59. The fourth-order valence-corrected chi connectivity index (χ4v) is 1.92. The Kier molecular flexibility index (Phi) is 6.72. The minimum atomic E-state index is -4.51. The van der Waals surface area contributed by atoms with Crippen molar-refractivity contribution in [2.24, 2.45) is 5.73 Å². The van der Waals surface area contributed by atoms with Crippen molar-refractivity contribution in [3.63, 3.8) is 0 Å². The number of alkyl halides is 3. The van der Waals surface area contributed by atoms with Crippen LogP contribution in [-0.4, -0.2) is 13.3 Å². The van der Waals surface area contributed by atoms with Crippen LogP contribution in [0.15, 0.2) is 48.5 Å². The normalized spacial score (nSPS) is 12.2. The molecule has 1 atom stereocenters. The Balaban J connectivity index is 0.00000264. The third-order valence-corrected chi connectivity index (χ3v) is 3.14. The van der Waals surface area contributed by atoms with Crippen LogP contribution in [0, 0.1) is 0 Å². The zero-order valence-electron chi connectivity index (χ0n) is 12.3. The molecule has 0 heterocycles. The van der Waals surface area contributed by atoms with Gasteiger partial charge in [0.05, 0.1) is 7.11 Å². The highest BCUT2D eigenvalue weighted by molar-refractivity contribution is 5.85. The van der Waals surface area contributed by atoms with E-state index in [0.29, 0.717) is 5.75 Å². The van der Waals surface area contributed by atoms with Crippen molar-refractivity contribution in [1.29, 1.82) is 0 Å². The lowest BCUT2D eigenvalue weighted by Gasteiger charge is -2.18. The maximum Gasteiger partial charge on any atom is 0.407 e. The van der Waals surface area contributed by atoms with Crippen LogP contribution in [0.1, 0.15) is 17.2 Å². The van der Waals surface area contributed by atoms with Crippen LogP contribution in [-0.2, 0) is 6.61 Å². The number of methoxy groups -OCH3 is 1. The van der Waals surface area contributed by atoms with Gasteiger partial charge in [0.2, 0.25) is 0 Å². The average molecular weight is 348 g/mol. The van der Waals surface area contributed by atoms with E-state index in [1.54, 1.807) is 0 Å². The van der Waals surface area contributed by atoms with Gasteiger partial charge in [-0.15, -0.1) is 12.4 Å². The van der Waals surface area contributed by atoms with Gasteiger partial charge in [-0.2, -0.15) is 13.2 Å². The largest absolute Gasteiger partial charge is 0.493 e. The molecule has 2 aromatic rings. The third-order valence-electron chi connectivity index (χ3n) is 3.14. The van der Waals surface area contributed by atoms with Crippen LogP contribution in [0.25, 0.3) is 0 Å². The van der Waals surface area contributed by atoms with Gasteiger partial charge in [-0.1, -0.05) is 36.4 Å². The van der Waals surface area contributed by atoms with Crippen LogP contribution in [0.3, 0.4) is 0 Å². The van der Waals surface area contributed by atoms with Gasteiger partial charge in [0.1, 0.15) is 12.6 Å². The quantitative estimate of drug-likeness (QED) is 0.879. The Labute approximate surface area is 138 Å². The van der Waals surface area contributed by atoms with Gasteiger partial charge in [-0.05, 0) is 23.3 Å². The Morgan fingerprint density at radius 3 is 2.26 bits per heavy atom. The predicted octanol–water partition coefficient (Wildman–Crippen LogP) is 4.26. The second-order valence-corrected chi connectivity index (χ2v) is 4.70. The number of halogens is 4. The zero-order valence-corrected chi connectivity index (χ0v) is 13.2. The maximum atomic E-state index is 12.7. The molecular weight excluding hydrogens is 331 g/mol. The van der Waals surface area contributed by atoms with Gasteiger partial charge in [0, 0.05) is 0 Å². The van der Waals surface area contributed by atoms with Crippen LogP contribution in [0.2, 0.25) is 0 Å². The molecule has 0 saturated heterocycles. The highest BCUT2D eigenvalue weighted by Crippen LogP contribution is 2.36. The minimum Gasteiger partial charge on any atom is -0.493 e. The molecule has 0 aliphatic rings. The molecule has 3 nitrogen and oxygen atoms in total. The predicted molar refractivity (Wildman–Crippen MR) is 84.0 cm³/mol. The highest BCUT2D eigenvalue weighted by atomic mass is 35.5. The lowest BCUT2D eigenvalue weighted by molar-refractivity contribution is -0.149. The summed E-state index contributed by atoms with van der Waals surface area (Å²) in [5.41, 5.74) is 6.04. The third kappa shape index (κ3) is 5.04.